The summed E-state index contributed by atoms with van der Waals surface area (Å²) < 4.78 is 0. The van der Waals surface area contributed by atoms with E-state index in [2.05, 4.69) is 29.6 Å². The van der Waals surface area contributed by atoms with Crippen molar-refractivity contribution in [3.63, 3.8) is 0 Å². The first-order valence-corrected chi connectivity index (χ1v) is 3.16. The molecule has 4 heteroatoms. The fourth-order valence-corrected chi connectivity index (χ4v) is 0.629. The molecule has 1 aliphatic rings. The number of hydrazine groups is 1. The topological polar surface area (TPSA) is 40.0 Å². The smallest absolute Gasteiger partial charge is 0.138 e. The van der Waals surface area contributed by atoms with Gasteiger partial charge in [0.15, 0.2) is 0 Å². The van der Waals surface area contributed by atoms with Crippen molar-refractivity contribution in [1.82, 2.24) is 10.5 Å². The molecule has 0 radical (unpaired) electrons. The number of nitrogens with one attached hydrogen (secondary N) is 1. The first-order chi connectivity index (χ1) is 4.20. The van der Waals surface area contributed by atoms with E-state index in [0.29, 0.717) is 6.04 Å². The van der Waals surface area contributed by atoms with Crippen LogP contribution in [0.3, 0.4) is 0 Å². The van der Waals surface area contributed by atoms with E-state index in [-0.39, 0.29) is 6.17 Å². The quantitative estimate of drug-likeness (QED) is 0.570. The van der Waals surface area contributed by atoms with Crippen molar-refractivity contribution in [3.05, 3.63) is 0 Å². The van der Waals surface area contributed by atoms with Gasteiger partial charge in [0.25, 0.3) is 0 Å². The van der Waals surface area contributed by atoms with Gasteiger partial charge in [-0.25, -0.2) is 5.12 Å². The molecule has 1 N–H and O–H groups in total. The lowest BCUT2D eigenvalue weighted by atomic mass is 10.4. The maximum absolute atomic E-state index is 3.88. The molecule has 0 amide bonds. The summed E-state index contributed by atoms with van der Waals surface area (Å²) in [5.74, 6) is 0. The molecule has 0 aliphatic carbocycles. The molecule has 0 saturated carbocycles. The van der Waals surface area contributed by atoms with Crippen LogP contribution in [0.2, 0.25) is 0 Å². The van der Waals surface area contributed by atoms with Crippen LogP contribution in [-0.2, 0) is 0 Å². The van der Waals surface area contributed by atoms with Crippen molar-refractivity contribution in [2.75, 3.05) is 0 Å². The zero-order chi connectivity index (χ0) is 6.85. The van der Waals surface area contributed by atoms with Crippen molar-refractivity contribution in [2.24, 2.45) is 10.3 Å². The van der Waals surface area contributed by atoms with E-state index in [1.54, 1.807) is 5.12 Å². The lowest BCUT2D eigenvalue weighted by Gasteiger charge is -2.16. The summed E-state index contributed by atoms with van der Waals surface area (Å²) in [4.78, 5) is 0. The average molecular weight is 128 g/mol. The Balaban J connectivity index is 2.41. The Hall–Kier alpha value is -0.640. The molecule has 1 heterocycles. The largest absolute Gasteiger partial charge is 0.207 e. The number of hydrogen-bond donors (Lipinski definition) is 1. The van der Waals surface area contributed by atoms with Crippen LogP contribution < -0.4 is 5.43 Å². The molecule has 9 heavy (non-hydrogen) atoms. The van der Waals surface area contributed by atoms with E-state index >= 15 is 0 Å². The Morgan fingerprint density at radius 3 is 2.44 bits per heavy atom. The molecule has 0 fully saturated rings. The van der Waals surface area contributed by atoms with Crippen LogP contribution >= 0.6 is 0 Å². The summed E-state index contributed by atoms with van der Waals surface area (Å²) in [5.41, 5.74) is 3.05. The molecule has 52 valence electrons. The van der Waals surface area contributed by atoms with E-state index in [0.717, 1.165) is 0 Å². The molecule has 0 saturated heterocycles. The van der Waals surface area contributed by atoms with Gasteiger partial charge in [0.1, 0.15) is 6.17 Å². The molecule has 1 rings (SSSR count). The SMILES string of the molecule is CC1N=NN(C(C)C)N1. The van der Waals surface area contributed by atoms with Crippen LogP contribution in [0, 0.1) is 0 Å². The summed E-state index contributed by atoms with van der Waals surface area (Å²) in [5, 5.41) is 9.50. The molecule has 0 bridgehead atoms. The Kier molecular flexibility index (Phi) is 1.66. The van der Waals surface area contributed by atoms with Gasteiger partial charge in [-0.2, -0.15) is 5.43 Å². The summed E-state index contributed by atoms with van der Waals surface area (Å²) in [6, 6.07) is 0.388. The Labute approximate surface area is 54.9 Å². The van der Waals surface area contributed by atoms with Crippen LogP contribution in [0.25, 0.3) is 0 Å². The maximum atomic E-state index is 3.88. The molecule has 0 aromatic heterocycles. The van der Waals surface area contributed by atoms with Gasteiger partial charge in [0.2, 0.25) is 0 Å². The zero-order valence-electron chi connectivity index (χ0n) is 6.00. The summed E-state index contributed by atoms with van der Waals surface area (Å²) in [7, 11) is 0. The minimum atomic E-state index is 0.146. The summed E-state index contributed by atoms with van der Waals surface area (Å²) >= 11 is 0. The predicted molar refractivity (Wildman–Crippen MR) is 34.4 cm³/mol. The molecule has 1 aliphatic heterocycles. The predicted octanol–water partition coefficient (Wildman–Crippen LogP) is 0.928. The number of hydrogen-bond acceptors (Lipinski definition) is 4. The number of rotatable bonds is 1. The normalized spacial score (nSPS) is 26.2. The Bertz CT molecular complexity index is 120. The first-order valence-electron chi connectivity index (χ1n) is 3.16. The fraction of sp³-hybridized carbons (Fsp3) is 1.00. The molecule has 1 unspecified atom stereocenters. The molecule has 0 aromatic carbocycles. The third-order valence-corrected chi connectivity index (χ3v) is 1.13. The average Bonchev–Trinajstić information content (AvgIpc) is 2.14. The standard InChI is InChI=1S/C5H12N4/c1-4(2)9-7-5(3)6-8-9/h4-5,7H,1-3H3. The second-order valence-electron chi connectivity index (χ2n) is 2.45. The van der Waals surface area contributed by atoms with Gasteiger partial charge in [0.05, 0.1) is 6.04 Å². The highest BCUT2D eigenvalue weighted by molar-refractivity contribution is 4.60. The van der Waals surface area contributed by atoms with E-state index in [1.807, 2.05) is 6.92 Å². The van der Waals surface area contributed by atoms with E-state index in [4.69, 9.17) is 0 Å². The fourth-order valence-electron chi connectivity index (χ4n) is 0.629. The van der Waals surface area contributed by atoms with Gasteiger partial charge >= 0.3 is 0 Å². The summed E-state index contributed by atoms with van der Waals surface area (Å²) in [6.07, 6.45) is 0.146. The van der Waals surface area contributed by atoms with Gasteiger partial charge in [-0.3, -0.25) is 0 Å². The van der Waals surface area contributed by atoms with Gasteiger partial charge < -0.3 is 0 Å². The van der Waals surface area contributed by atoms with E-state index < -0.39 is 0 Å². The van der Waals surface area contributed by atoms with Gasteiger partial charge in [0, 0.05) is 0 Å². The highest BCUT2D eigenvalue weighted by Crippen LogP contribution is 2.04. The van der Waals surface area contributed by atoms with Crippen molar-refractivity contribution in [1.29, 1.82) is 0 Å². The van der Waals surface area contributed by atoms with Gasteiger partial charge in [-0.1, -0.05) is 5.22 Å². The van der Waals surface area contributed by atoms with Crippen LogP contribution in [0.15, 0.2) is 10.3 Å². The molecular formula is C5H12N4. The Morgan fingerprint density at radius 2 is 2.22 bits per heavy atom. The van der Waals surface area contributed by atoms with Crippen LogP contribution in [-0.4, -0.2) is 17.3 Å². The molecule has 0 spiro atoms. The minimum absolute atomic E-state index is 0.146. The highest BCUT2D eigenvalue weighted by Gasteiger charge is 2.14. The lowest BCUT2D eigenvalue weighted by Crippen LogP contribution is -2.38. The van der Waals surface area contributed by atoms with Crippen molar-refractivity contribution < 1.29 is 0 Å². The van der Waals surface area contributed by atoms with Crippen molar-refractivity contribution in [3.8, 4) is 0 Å². The van der Waals surface area contributed by atoms with Crippen LogP contribution in [0.1, 0.15) is 20.8 Å². The highest BCUT2D eigenvalue weighted by atomic mass is 15.8. The van der Waals surface area contributed by atoms with Crippen molar-refractivity contribution in [2.45, 2.75) is 33.0 Å². The molecule has 4 nitrogen and oxygen atoms in total. The lowest BCUT2D eigenvalue weighted by molar-refractivity contribution is 0.165. The molecule has 1 atom stereocenters. The van der Waals surface area contributed by atoms with Gasteiger partial charge in [-0.15, -0.1) is 5.11 Å². The molecule has 0 aromatic rings. The minimum Gasteiger partial charge on any atom is -0.207 e. The van der Waals surface area contributed by atoms with Gasteiger partial charge in [-0.05, 0) is 20.8 Å². The van der Waals surface area contributed by atoms with Crippen LogP contribution in [0.5, 0.6) is 0 Å². The maximum Gasteiger partial charge on any atom is 0.138 e. The monoisotopic (exact) mass is 128 g/mol. The number of nitrogens with zero attached hydrogens (tertiary/aromatic N) is 3. The second kappa shape index (κ2) is 2.31. The third-order valence-electron chi connectivity index (χ3n) is 1.13. The first kappa shape index (κ1) is 6.48. The third kappa shape index (κ3) is 1.38. The summed E-state index contributed by atoms with van der Waals surface area (Å²) in [6.45, 7) is 6.08. The zero-order valence-corrected chi connectivity index (χ0v) is 6.00. The van der Waals surface area contributed by atoms with Crippen LogP contribution in [0.4, 0.5) is 0 Å². The second-order valence-corrected chi connectivity index (χ2v) is 2.45. The molecular weight excluding hydrogens is 116 g/mol. The van der Waals surface area contributed by atoms with Crippen molar-refractivity contribution >= 4 is 0 Å². The van der Waals surface area contributed by atoms with E-state index in [9.17, 15) is 0 Å². The Morgan fingerprint density at radius 1 is 1.56 bits per heavy atom. The van der Waals surface area contributed by atoms with E-state index in [1.165, 1.54) is 0 Å².